The largest absolute Gasteiger partial charge is 0.490 e. The highest BCUT2D eigenvalue weighted by molar-refractivity contribution is 6.36. The Labute approximate surface area is 194 Å². The van der Waals surface area contributed by atoms with Gasteiger partial charge >= 0.3 is 0 Å². The maximum atomic E-state index is 12.7. The van der Waals surface area contributed by atoms with Crippen LogP contribution in [0.1, 0.15) is 37.7 Å². The zero-order valence-corrected chi connectivity index (χ0v) is 19.2. The van der Waals surface area contributed by atoms with Gasteiger partial charge in [-0.25, -0.2) is 0 Å². The highest BCUT2D eigenvalue weighted by Gasteiger charge is 2.30. The normalized spacial score (nSPS) is 18.8. The zero-order chi connectivity index (χ0) is 21.6. The Morgan fingerprint density at radius 3 is 2.26 bits per heavy atom. The Morgan fingerprint density at radius 2 is 1.61 bits per heavy atom. The van der Waals surface area contributed by atoms with Crippen molar-refractivity contribution in [1.82, 2.24) is 14.8 Å². The maximum absolute atomic E-state index is 12.7. The first-order valence-corrected chi connectivity index (χ1v) is 11.9. The maximum Gasteiger partial charge on any atom is 0.222 e. The highest BCUT2D eigenvalue weighted by Crippen LogP contribution is 2.27. The van der Waals surface area contributed by atoms with Crippen LogP contribution in [0.5, 0.6) is 5.75 Å². The minimum Gasteiger partial charge on any atom is -0.490 e. The smallest absolute Gasteiger partial charge is 0.222 e. The van der Waals surface area contributed by atoms with E-state index >= 15 is 0 Å². The summed E-state index contributed by atoms with van der Waals surface area (Å²) in [5.74, 6) is 1.09. The molecule has 2 aliphatic heterocycles. The van der Waals surface area contributed by atoms with Gasteiger partial charge in [0.25, 0.3) is 0 Å². The standard InChI is InChI=1S/C24H29Cl2N3O2/c25-22-2-1-3-23(26)21(22)4-5-24(30)29-14-8-18(9-15-29)28-16-10-20(11-17-28)31-19-6-12-27-13-7-19/h1-3,6-7,12-13,18,20H,4-5,8-11,14-17H2. The van der Waals surface area contributed by atoms with Crippen molar-refractivity contribution in [2.24, 2.45) is 0 Å². The summed E-state index contributed by atoms with van der Waals surface area (Å²) in [4.78, 5) is 21.3. The van der Waals surface area contributed by atoms with Crippen LogP contribution in [-0.2, 0) is 11.2 Å². The van der Waals surface area contributed by atoms with E-state index in [0.717, 1.165) is 63.2 Å². The van der Waals surface area contributed by atoms with Crippen LogP contribution in [0.2, 0.25) is 10.0 Å². The van der Waals surface area contributed by atoms with E-state index < -0.39 is 0 Å². The van der Waals surface area contributed by atoms with E-state index in [1.54, 1.807) is 12.4 Å². The Kier molecular flexibility index (Phi) is 7.70. The van der Waals surface area contributed by atoms with Crippen LogP contribution in [0, 0.1) is 0 Å². The predicted octanol–water partition coefficient (Wildman–Crippen LogP) is 4.86. The molecule has 0 radical (unpaired) electrons. The van der Waals surface area contributed by atoms with Gasteiger partial charge in [-0.3, -0.25) is 14.7 Å². The lowest BCUT2D eigenvalue weighted by atomic mass is 9.98. The van der Waals surface area contributed by atoms with Crippen molar-refractivity contribution in [2.45, 2.75) is 50.7 Å². The summed E-state index contributed by atoms with van der Waals surface area (Å²) >= 11 is 12.5. The number of halogens is 2. The third kappa shape index (κ3) is 5.91. The van der Waals surface area contributed by atoms with Crippen LogP contribution in [0.3, 0.4) is 0 Å². The number of carbonyl (C=O) groups excluding carboxylic acids is 1. The number of amides is 1. The highest BCUT2D eigenvalue weighted by atomic mass is 35.5. The molecule has 0 N–H and O–H groups in total. The number of benzene rings is 1. The third-order valence-electron chi connectivity index (χ3n) is 6.41. The van der Waals surface area contributed by atoms with Gasteiger partial charge in [0.05, 0.1) is 0 Å². The van der Waals surface area contributed by atoms with E-state index in [2.05, 4.69) is 9.88 Å². The molecule has 0 atom stereocenters. The van der Waals surface area contributed by atoms with Crippen LogP contribution >= 0.6 is 23.2 Å². The molecule has 5 nitrogen and oxygen atoms in total. The quantitative estimate of drug-likeness (QED) is 0.616. The molecule has 2 saturated heterocycles. The van der Waals surface area contributed by atoms with E-state index in [0.29, 0.717) is 28.9 Å². The van der Waals surface area contributed by atoms with Gasteiger partial charge in [-0.05, 0) is 61.9 Å². The molecular weight excluding hydrogens is 433 g/mol. The second kappa shape index (κ2) is 10.7. The number of rotatable bonds is 6. The lowest BCUT2D eigenvalue weighted by molar-refractivity contribution is -0.132. The first-order valence-electron chi connectivity index (χ1n) is 11.1. The van der Waals surface area contributed by atoms with Crippen molar-refractivity contribution >= 4 is 29.1 Å². The number of likely N-dealkylation sites (tertiary alicyclic amines) is 2. The van der Waals surface area contributed by atoms with Gasteiger partial charge in [-0.2, -0.15) is 0 Å². The molecule has 2 fully saturated rings. The fourth-order valence-corrected chi connectivity index (χ4v) is 5.20. The second-order valence-corrected chi connectivity index (χ2v) is 9.16. The summed E-state index contributed by atoms with van der Waals surface area (Å²) in [6.07, 6.45) is 9.00. The molecule has 0 bridgehead atoms. The summed E-state index contributed by atoms with van der Waals surface area (Å²) in [5.41, 5.74) is 0.867. The first kappa shape index (κ1) is 22.4. The van der Waals surface area contributed by atoms with E-state index in [1.165, 1.54) is 0 Å². The van der Waals surface area contributed by atoms with E-state index in [4.69, 9.17) is 27.9 Å². The molecule has 0 unspecified atom stereocenters. The summed E-state index contributed by atoms with van der Waals surface area (Å²) in [5, 5.41) is 1.27. The van der Waals surface area contributed by atoms with Crippen LogP contribution in [0.15, 0.2) is 42.7 Å². The summed E-state index contributed by atoms with van der Waals surface area (Å²) in [6.45, 7) is 3.76. The number of piperidine rings is 2. The minimum absolute atomic E-state index is 0.193. The van der Waals surface area contributed by atoms with Gasteiger partial charge in [0.15, 0.2) is 0 Å². The topological polar surface area (TPSA) is 45.7 Å². The molecule has 166 valence electrons. The number of carbonyl (C=O) groups is 1. The van der Waals surface area contributed by atoms with Gasteiger partial charge in [0.2, 0.25) is 5.91 Å². The van der Waals surface area contributed by atoms with Gasteiger partial charge in [-0.1, -0.05) is 29.3 Å². The lowest BCUT2D eigenvalue weighted by Gasteiger charge is -2.41. The molecule has 2 aromatic rings. The summed E-state index contributed by atoms with van der Waals surface area (Å²) < 4.78 is 6.08. The molecule has 3 heterocycles. The number of nitrogens with zero attached hydrogens (tertiary/aromatic N) is 3. The van der Waals surface area contributed by atoms with E-state index in [-0.39, 0.29) is 12.0 Å². The number of hydrogen-bond donors (Lipinski definition) is 0. The number of ether oxygens (including phenoxy) is 1. The molecule has 31 heavy (non-hydrogen) atoms. The van der Waals surface area contributed by atoms with Gasteiger partial charge in [0, 0.05) is 61.1 Å². The van der Waals surface area contributed by atoms with Crippen molar-refractivity contribution in [3.63, 3.8) is 0 Å². The molecule has 4 rings (SSSR count). The molecule has 1 amide bonds. The fourth-order valence-electron chi connectivity index (χ4n) is 4.61. The van der Waals surface area contributed by atoms with Crippen molar-refractivity contribution in [3.8, 4) is 5.75 Å². The molecule has 2 aliphatic rings. The van der Waals surface area contributed by atoms with Crippen LogP contribution in [0.25, 0.3) is 0 Å². The van der Waals surface area contributed by atoms with Crippen LogP contribution in [-0.4, -0.2) is 59.0 Å². The number of aromatic nitrogens is 1. The summed E-state index contributed by atoms with van der Waals surface area (Å²) in [7, 11) is 0. The van der Waals surface area contributed by atoms with E-state index in [1.807, 2.05) is 35.2 Å². The van der Waals surface area contributed by atoms with Crippen molar-refractivity contribution in [3.05, 3.63) is 58.3 Å². The molecular formula is C24H29Cl2N3O2. The predicted molar refractivity (Wildman–Crippen MR) is 124 cm³/mol. The fraction of sp³-hybridized carbons (Fsp3) is 0.500. The van der Waals surface area contributed by atoms with Crippen molar-refractivity contribution < 1.29 is 9.53 Å². The Morgan fingerprint density at radius 1 is 0.968 bits per heavy atom. The summed E-state index contributed by atoms with van der Waals surface area (Å²) in [6, 6.07) is 9.87. The van der Waals surface area contributed by atoms with Crippen LogP contribution in [0.4, 0.5) is 0 Å². The second-order valence-electron chi connectivity index (χ2n) is 8.35. The van der Waals surface area contributed by atoms with Gasteiger partial charge < -0.3 is 9.64 Å². The first-order chi connectivity index (χ1) is 15.1. The molecule has 1 aromatic carbocycles. The van der Waals surface area contributed by atoms with Crippen LogP contribution < -0.4 is 4.74 Å². The Balaban J connectivity index is 1.19. The monoisotopic (exact) mass is 461 g/mol. The van der Waals surface area contributed by atoms with Gasteiger partial charge in [-0.15, -0.1) is 0 Å². The lowest BCUT2D eigenvalue weighted by Crippen LogP contribution is -2.50. The number of hydrogen-bond acceptors (Lipinski definition) is 4. The average Bonchev–Trinajstić information content (AvgIpc) is 2.80. The molecule has 0 spiro atoms. The zero-order valence-electron chi connectivity index (χ0n) is 17.7. The molecule has 1 aromatic heterocycles. The third-order valence-corrected chi connectivity index (χ3v) is 7.12. The van der Waals surface area contributed by atoms with Crippen molar-refractivity contribution in [2.75, 3.05) is 26.2 Å². The number of pyridine rings is 1. The Bertz CT molecular complexity index is 844. The molecule has 7 heteroatoms. The van der Waals surface area contributed by atoms with Crippen molar-refractivity contribution in [1.29, 1.82) is 0 Å². The molecule has 0 saturated carbocycles. The molecule has 0 aliphatic carbocycles. The average molecular weight is 462 g/mol. The van der Waals surface area contributed by atoms with Gasteiger partial charge in [0.1, 0.15) is 11.9 Å². The minimum atomic E-state index is 0.193. The SMILES string of the molecule is O=C(CCc1c(Cl)cccc1Cl)N1CCC(N2CCC(Oc3ccncc3)CC2)CC1. The Hall–Kier alpha value is -1.82. The van der Waals surface area contributed by atoms with E-state index in [9.17, 15) is 4.79 Å².